The monoisotopic (exact) mass is 205 g/mol. The third-order valence-electron chi connectivity index (χ3n) is 3.17. The highest BCUT2D eigenvalue weighted by Crippen LogP contribution is 2.28. The van der Waals surface area contributed by atoms with E-state index in [1.54, 1.807) is 0 Å². The van der Waals surface area contributed by atoms with Gasteiger partial charge in [-0.05, 0) is 51.7 Å². The van der Waals surface area contributed by atoms with Crippen LogP contribution in [0.25, 0.3) is 21.5 Å². The quantitative estimate of drug-likeness (QED) is 0.518. The fraction of sp³-hybridized carbons (Fsp3) is 0.125. The Labute approximate surface area is 95.5 Å². The van der Waals surface area contributed by atoms with Crippen molar-refractivity contribution in [2.24, 2.45) is 0 Å². The molecule has 0 saturated heterocycles. The Morgan fingerprint density at radius 1 is 1.00 bits per heavy atom. The van der Waals surface area contributed by atoms with Crippen molar-refractivity contribution in [3.63, 3.8) is 0 Å². The molecule has 3 rings (SSSR count). The highest BCUT2D eigenvalue weighted by atomic mass is 14.1. The zero-order valence-electron chi connectivity index (χ0n) is 9.33. The second-order valence-electron chi connectivity index (χ2n) is 4.08. The number of rotatable bonds is 1. The average Bonchev–Trinajstić information content (AvgIpc) is 2.36. The van der Waals surface area contributed by atoms with E-state index in [0.717, 1.165) is 6.42 Å². The maximum absolute atomic E-state index is 3.15. The first-order chi connectivity index (χ1) is 7.90. The molecule has 3 aromatic carbocycles. The molecule has 0 saturated carbocycles. The van der Waals surface area contributed by atoms with E-state index in [0.29, 0.717) is 0 Å². The smallest absolute Gasteiger partial charge is 0.0145 e. The van der Waals surface area contributed by atoms with E-state index < -0.39 is 0 Å². The molecule has 16 heavy (non-hydrogen) atoms. The fourth-order valence-electron chi connectivity index (χ4n) is 2.43. The van der Waals surface area contributed by atoms with Crippen LogP contribution in [0.15, 0.2) is 48.5 Å². The molecule has 0 unspecified atom stereocenters. The lowest BCUT2D eigenvalue weighted by atomic mass is 9.95. The molecule has 0 heterocycles. The van der Waals surface area contributed by atoms with Crippen molar-refractivity contribution in [1.29, 1.82) is 0 Å². The molecule has 0 atom stereocenters. The summed E-state index contributed by atoms with van der Waals surface area (Å²) in [4.78, 5) is 0. The van der Waals surface area contributed by atoms with Gasteiger partial charge < -0.3 is 0 Å². The lowest BCUT2D eigenvalue weighted by Gasteiger charge is -2.09. The topological polar surface area (TPSA) is 0 Å². The van der Waals surface area contributed by atoms with Crippen molar-refractivity contribution in [2.45, 2.75) is 13.3 Å². The summed E-state index contributed by atoms with van der Waals surface area (Å²) in [5.41, 5.74) is 1.45. The first-order valence-corrected chi connectivity index (χ1v) is 5.70. The summed E-state index contributed by atoms with van der Waals surface area (Å²) < 4.78 is 0. The third kappa shape index (κ3) is 1.30. The molecule has 1 radical (unpaired) electrons. The Balaban J connectivity index is 2.56. The highest BCUT2D eigenvalue weighted by Gasteiger charge is 2.04. The largest absolute Gasteiger partial charge is 0.0616 e. The van der Waals surface area contributed by atoms with Gasteiger partial charge in [0.1, 0.15) is 0 Å². The van der Waals surface area contributed by atoms with Gasteiger partial charge in [0.15, 0.2) is 0 Å². The van der Waals surface area contributed by atoms with Gasteiger partial charge >= 0.3 is 0 Å². The summed E-state index contributed by atoms with van der Waals surface area (Å²) in [6, 6.07) is 20.2. The van der Waals surface area contributed by atoms with Gasteiger partial charge in [-0.2, -0.15) is 0 Å². The lowest BCUT2D eigenvalue weighted by Crippen LogP contribution is -1.87. The Kier molecular flexibility index (Phi) is 2.14. The predicted molar refractivity (Wildman–Crippen MR) is 69.7 cm³/mol. The van der Waals surface area contributed by atoms with E-state index in [2.05, 4.69) is 55.5 Å². The minimum absolute atomic E-state index is 1.07. The molecular formula is C16H13. The molecule has 0 spiro atoms. The summed E-state index contributed by atoms with van der Waals surface area (Å²) in [7, 11) is 0. The second kappa shape index (κ2) is 3.64. The zero-order chi connectivity index (χ0) is 11.0. The second-order valence-corrected chi connectivity index (χ2v) is 4.08. The number of hydrogen-bond acceptors (Lipinski definition) is 0. The van der Waals surface area contributed by atoms with Crippen LogP contribution in [0.5, 0.6) is 0 Å². The van der Waals surface area contributed by atoms with Crippen LogP contribution in [0.1, 0.15) is 12.5 Å². The molecule has 0 aliphatic heterocycles. The molecule has 77 valence electrons. The summed E-state index contributed by atoms with van der Waals surface area (Å²) in [6.07, 6.45) is 1.07. The van der Waals surface area contributed by atoms with Crippen LogP contribution in [0.2, 0.25) is 0 Å². The molecule has 0 N–H and O–H groups in total. The van der Waals surface area contributed by atoms with Crippen LogP contribution in [-0.2, 0) is 6.42 Å². The lowest BCUT2D eigenvalue weighted by molar-refractivity contribution is 1.18. The van der Waals surface area contributed by atoms with E-state index in [1.165, 1.54) is 27.1 Å². The Morgan fingerprint density at radius 2 is 1.81 bits per heavy atom. The van der Waals surface area contributed by atoms with Crippen LogP contribution in [0, 0.1) is 6.07 Å². The van der Waals surface area contributed by atoms with Crippen molar-refractivity contribution in [1.82, 2.24) is 0 Å². The summed E-state index contributed by atoms with van der Waals surface area (Å²) in [5.74, 6) is 0. The number of fused-ring (bicyclic) bond motifs is 2. The van der Waals surface area contributed by atoms with Gasteiger partial charge in [0.2, 0.25) is 0 Å². The highest BCUT2D eigenvalue weighted by molar-refractivity contribution is 6.02. The van der Waals surface area contributed by atoms with Gasteiger partial charge in [-0.25, -0.2) is 0 Å². The molecule has 0 aromatic heterocycles. The SMILES string of the molecule is CCc1c2cc[c]cc2cc2ccccc12. The molecule has 0 heteroatoms. The molecular weight excluding hydrogens is 192 g/mol. The standard InChI is InChI=1S/C16H13/c1-2-14-15-9-5-3-7-12(15)11-13-8-4-6-10-16(13)14/h3,5-11H,2H2,1H3. The van der Waals surface area contributed by atoms with E-state index in [1.807, 2.05) is 6.07 Å². The molecule has 0 bridgehead atoms. The first-order valence-electron chi connectivity index (χ1n) is 5.70. The van der Waals surface area contributed by atoms with Gasteiger partial charge in [0.05, 0.1) is 0 Å². The van der Waals surface area contributed by atoms with Gasteiger partial charge in [-0.1, -0.05) is 43.3 Å². The Bertz CT molecular complexity index is 596. The number of benzene rings is 3. The molecule has 0 amide bonds. The molecule has 0 aliphatic carbocycles. The van der Waals surface area contributed by atoms with Crippen molar-refractivity contribution >= 4 is 21.5 Å². The van der Waals surface area contributed by atoms with E-state index in [4.69, 9.17) is 0 Å². The van der Waals surface area contributed by atoms with Gasteiger partial charge in [-0.3, -0.25) is 0 Å². The number of hydrogen-bond donors (Lipinski definition) is 0. The minimum atomic E-state index is 1.07. The van der Waals surface area contributed by atoms with Gasteiger partial charge in [0, 0.05) is 0 Å². The van der Waals surface area contributed by atoms with E-state index >= 15 is 0 Å². The molecule has 0 aliphatic rings. The molecule has 3 aromatic rings. The van der Waals surface area contributed by atoms with Crippen LogP contribution >= 0.6 is 0 Å². The Morgan fingerprint density at radius 3 is 2.69 bits per heavy atom. The number of aryl methyl sites for hydroxylation is 1. The van der Waals surface area contributed by atoms with Crippen molar-refractivity contribution in [3.8, 4) is 0 Å². The van der Waals surface area contributed by atoms with Crippen LogP contribution in [-0.4, -0.2) is 0 Å². The normalized spacial score (nSPS) is 11.1. The van der Waals surface area contributed by atoms with Crippen LogP contribution in [0.4, 0.5) is 0 Å². The van der Waals surface area contributed by atoms with Gasteiger partial charge in [0.25, 0.3) is 0 Å². The first kappa shape index (κ1) is 9.41. The fourth-order valence-corrected chi connectivity index (χ4v) is 2.43. The molecule has 0 fully saturated rings. The summed E-state index contributed by atoms with van der Waals surface area (Å²) in [5, 5.41) is 5.35. The third-order valence-corrected chi connectivity index (χ3v) is 3.17. The van der Waals surface area contributed by atoms with Crippen molar-refractivity contribution < 1.29 is 0 Å². The maximum atomic E-state index is 3.15. The Hall–Kier alpha value is -1.82. The average molecular weight is 205 g/mol. The van der Waals surface area contributed by atoms with Gasteiger partial charge in [-0.15, -0.1) is 0 Å². The maximum Gasteiger partial charge on any atom is -0.0145 e. The molecule has 0 nitrogen and oxygen atoms in total. The summed E-state index contributed by atoms with van der Waals surface area (Å²) in [6.45, 7) is 2.22. The van der Waals surface area contributed by atoms with Crippen molar-refractivity contribution in [2.75, 3.05) is 0 Å². The minimum Gasteiger partial charge on any atom is -0.0616 e. The van der Waals surface area contributed by atoms with E-state index in [-0.39, 0.29) is 0 Å². The summed E-state index contributed by atoms with van der Waals surface area (Å²) >= 11 is 0. The van der Waals surface area contributed by atoms with Crippen molar-refractivity contribution in [3.05, 3.63) is 60.2 Å². The zero-order valence-corrected chi connectivity index (χ0v) is 9.33. The predicted octanol–water partition coefficient (Wildman–Crippen LogP) is 4.36. The van der Waals surface area contributed by atoms with Crippen LogP contribution in [0.3, 0.4) is 0 Å². The van der Waals surface area contributed by atoms with E-state index in [9.17, 15) is 0 Å². The van der Waals surface area contributed by atoms with Crippen LogP contribution < -0.4 is 0 Å².